The van der Waals surface area contributed by atoms with E-state index in [-0.39, 0.29) is 19.2 Å². The lowest BCUT2D eigenvalue weighted by Gasteiger charge is -1.79. The molecule has 0 spiro atoms. The summed E-state index contributed by atoms with van der Waals surface area (Å²) in [6, 6.07) is 0. The maximum atomic E-state index is 10.1. The van der Waals surface area contributed by atoms with Crippen molar-refractivity contribution in [1.82, 2.24) is 5.32 Å². The van der Waals surface area contributed by atoms with Gasteiger partial charge in [-0.1, -0.05) is 7.43 Å². The summed E-state index contributed by atoms with van der Waals surface area (Å²) in [6.07, 6.45) is 0.748. The molecule has 1 aliphatic rings. The Hall–Kier alpha value is -0.860. The van der Waals surface area contributed by atoms with Gasteiger partial charge in [0.05, 0.1) is 0 Å². The number of nitrogens with one attached hydrogen (secondary N) is 1. The van der Waals surface area contributed by atoms with Gasteiger partial charge >= 0.3 is 0 Å². The van der Waals surface area contributed by atoms with Gasteiger partial charge in [0.1, 0.15) is 0 Å². The summed E-state index contributed by atoms with van der Waals surface area (Å²) >= 11 is 0. The fraction of sp³-hybridized carbons (Fsp3) is 0.600. The van der Waals surface area contributed by atoms with E-state index in [4.69, 9.17) is 0 Å². The van der Waals surface area contributed by atoms with E-state index in [1.165, 1.54) is 0 Å². The molecule has 1 fully saturated rings. The van der Waals surface area contributed by atoms with Gasteiger partial charge in [-0.25, -0.2) is 0 Å². The monoisotopic (exact) mass is 115 g/mol. The molecule has 0 aromatic carbocycles. The van der Waals surface area contributed by atoms with Crippen LogP contribution in [0.5, 0.6) is 0 Å². The van der Waals surface area contributed by atoms with Crippen LogP contribution in [0.4, 0.5) is 0 Å². The molecule has 1 saturated heterocycles. The van der Waals surface area contributed by atoms with E-state index in [0.717, 1.165) is 0 Å². The number of hydrogen-bond donors (Lipinski definition) is 1. The van der Waals surface area contributed by atoms with E-state index in [1.54, 1.807) is 0 Å². The largest absolute Gasteiger partial charge is 0.296 e. The van der Waals surface area contributed by atoms with Crippen LogP contribution in [0, 0.1) is 0 Å². The maximum Gasteiger partial charge on any atom is 0.227 e. The smallest absolute Gasteiger partial charge is 0.227 e. The highest BCUT2D eigenvalue weighted by molar-refractivity contribution is 6.01. The van der Waals surface area contributed by atoms with Crippen LogP contribution in [0.3, 0.4) is 0 Å². The number of imide groups is 1. The number of amides is 2. The van der Waals surface area contributed by atoms with E-state index in [1.807, 2.05) is 0 Å². The molecule has 0 bridgehead atoms. The van der Waals surface area contributed by atoms with Gasteiger partial charge in [-0.2, -0.15) is 0 Å². The lowest BCUT2D eigenvalue weighted by Crippen LogP contribution is -2.18. The third kappa shape index (κ3) is 1.33. The maximum absolute atomic E-state index is 10.1. The van der Waals surface area contributed by atoms with Gasteiger partial charge in [0.2, 0.25) is 11.8 Å². The third-order valence-corrected chi connectivity index (χ3v) is 0.858. The fourth-order valence-electron chi connectivity index (χ4n) is 0.508. The Morgan fingerprint density at radius 2 is 1.50 bits per heavy atom. The Balaban J connectivity index is 0.000000490. The van der Waals surface area contributed by atoms with Crippen molar-refractivity contribution >= 4 is 11.8 Å². The van der Waals surface area contributed by atoms with Crippen molar-refractivity contribution in [3.8, 4) is 0 Å². The summed E-state index contributed by atoms with van der Waals surface area (Å²) in [5.41, 5.74) is 0. The molecular weight excluding hydrogens is 106 g/mol. The SMILES string of the molecule is C.O=C1CCC(=O)N1. The van der Waals surface area contributed by atoms with Gasteiger partial charge < -0.3 is 0 Å². The van der Waals surface area contributed by atoms with Crippen LogP contribution in [-0.2, 0) is 9.59 Å². The van der Waals surface area contributed by atoms with E-state index in [0.29, 0.717) is 12.8 Å². The molecule has 1 heterocycles. The second-order valence-corrected chi connectivity index (χ2v) is 1.47. The van der Waals surface area contributed by atoms with Gasteiger partial charge in [0, 0.05) is 12.8 Å². The van der Waals surface area contributed by atoms with Crippen molar-refractivity contribution in [2.75, 3.05) is 0 Å². The molecule has 3 heteroatoms. The quantitative estimate of drug-likeness (QED) is 0.454. The Labute approximate surface area is 48.1 Å². The standard InChI is InChI=1S/C4H5NO2.CH4/c6-3-1-2-4(7)5-3;/h1-2H2,(H,5,6,7);1H4. The van der Waals surface area contributed by atoms with Crippen molar-refractivity contribution in [1.29, 1.82) is 0 Å². The highest BCUT2D eigenvalue weighted by atomic mass is 16.2. The van der Waals surface area contributed by atoms with Crippen LogP contribution in [0.1, 0.15) is 20.3 Å². The molecule has 3 nitrogen and oxygen atoms in total. The second-order valence-electron chi connectivity index (χ2n) is 1.47. The summed E-state index contributed by atoms with van der Waals surface area (Å²) in [4.78, 5) is 20.2. The second kappa shape index (κ2) is 2.45. The predicted molar refractivity (Wildman–Crippen MR) is 29.1 cm³/mol. The highest BCUT2D eigenvalue weighted by Crippen LogP contribution is 1.95. The van der Waals surface area contributed by atoms with Gasteiger partial charge in [-0.3, -0.25) is 14.9 Å². The van der Waals surface area contributed by atoms with Gasteiger partial charge in [0.15, 0.2) is 0 Å². The molecular formula is C5H9NO2. The first-order valence-corrected chi connectivity index (χ1v) is 2.12. The molecule has 8 heavy (non-hydrogen) atoms. The molecule has 0 aromatic rings. The van der Waals surface area contributed by atoms with Crippen molar-refractivity contribution in [2.24, 2.45) is 0 Å². The Morgan fingerprint density at radius 1 is 1.12 bits per heavy atom. The summed E-state index contributed by atoms with van der Waals surface area (Å²) in [5, 5.41) is 2.14. The zero-order valence-corrected chi connectivity index (χ0v) is 3.73. The van der Waals surface area contributed by atoms with Crippen LogP contribution in [0.2, 0.25) is 0 Å². The van der Waals surface area contributed by atoms with E-state index in [2.05, 4.69) is 5.32 Å². The Morgan fingerprint density at radius 3 is 1.62 bits per heavy atom. The van der Waals surface area contributed by atoms with E-state index >= 15 is 0 Å². The van der Waals surface area contributed by atoms with Crippen LogP contribution in [0.15, 0.2) is 0 Å². The van der Waals surface area contributed by atoms with Crippen LogP contribution in [0.25, 0.3) is 0 Å². The molecule has 0 aromatic heterocycles. The normalized spacial score (nSPS) is 17.5. The van der Waals surface area contributed by atoms with Gasteiger partial charge in [-0.15, -0.1) is 0 Å². The molecule has 2 amide bonds. The molecule has 1 rings (SSSR count). The van der Waals surface area contributed by atoms with Gasteiger partial charge in [-0.05, 0) is 0 Å². The topological polar surface area (TPSA) is 46.2 Å². The van der Waals surface area contributed by atoms with Crippen LogP contribution < -0.4 is 5.32 Å². The Kier molecular flexibility index (Phi) is 2.19. The molecule has 46 valence electrons. The molecule has 0 radical (unpaired) electrons. The third-order valence-electron chi connectivity index (χ3n) is 0.858. The average molecular weight is 115 g/mol. The minimum Gasteiger partial charge on any atom is -0.296 e. The first kappa shape index (κ1) is 7.14. The van der Waals surface area contributed by atoms with Crippen LogP contribution >= 0.6 is 0 Å². The van der Waals surface area contributed by atoms with Crippen molar-refractivity contribution in [2.45, 2.75) is 20.3 Å². The first-order valence-electron chi connectivity index (χ1n) is 2.12. The zero-order chi connectivity index (χ0) is 5.28. The van der Waals surface area contributed by atoms with Crippen LogP contribution in [-0.4, -0.2) is 11.8 Å². The Bertz CT molecular complexity index is 106. The summed E-state index contributed by atoms with van der Waals surface area (Å²) in [5.74, 6) is -0.296. The van der Waals surface area contributed by atoms with Crippen molar-refractivity contribution in [3.63, 3.8) is 0 Å². The molecule has 1 N–H and O–H groups in total. The van der Waals surface area contributed by atoms with Crippen molar-refractivity contribution in [3.05, 3.63) is 0 Å². The predicted octanol–water partition coefficient (Wildman–Crippen LogP) is 0.0591. The van der Waals surface area contributed by atoms with E-state index in [9.17, 15) is 9.59 Å². The summed E-state index contributed by atoms with van der Waals surface area (Å²) in [6.45, 7) is 0. The van der Waals surface area contributed by atoms with Gasteiger partial charge in [0.25, 0.3) is 0 Å². The highest BCUT2D eigenvalue weighted by Gasteiger charge is 2.15. The molecule has 0 saturated carbocycles. The summed E-state index contributed by atoms with van der Waals surface area (Å²) in [7, 11) is 0. The molecule has 0 aliphatic carbocycles. The molecule has 0 unspecified atom stereocenters. The first-order chi connectivity index (χ1) is 3.29. The lowest BCUT2D eigenvalue weighted by atomic mass is 10.4. The number of hydrogen-bond acceptors (Lipinski definition) is 2. The van der Waals surface area contributed by atoms with E-state index < -0.39 is 0 Å². The zero-order valence-electron chi connectivity index (χ0n) is 3.73. The summed E-state index contributed by atoms with van der Waals surface area (Å²) < 4.78 is 0. The molecule has 1 aliphatic heterocycles. The lowest BCUT2D eigenvalue weighted by molar-refractivity contribution is -0.124. The van der Waals surface area contributed by atoms with Crippen molar-refractivity contribution < 1.29 is 9.59 Å². The minimum absolute atomic E-state index is 0. The molecule has 0 atom stereocenters. The number of carbonyl (C=O) groups is 2. The fourth-order valence-corrected chi connectivity index (χ4v) is 0.508. The average Bonchev–Trinajstić information content (AvgIpc) is 1.87. The minimum atomic E-state index is -0.148. The number of carbonyl (C=O) groups excluding carboxylic acids is 2. The number of rotatable bonds is 0.